The minimum atomic E-state index is -1.56. The summed E-state index contributed by atoms with van der Waals surface area (Å²) in [7, 11) is 0. The number of rotatable bonds is 24. The Morgan fingerprint density at radius 2 is 1.31 bits per heavy atom. The lowest BCUT2D eigenvalue weighted by molar-refractivity contribution is -0.140. The van der Waals surface area contributed by atoms with Crippen LogP contribution >= 0.6 is 0 Å². The molecule has 292 valence electrons. The van der Waals surface area contributed by atoms with E-state index in [-0.39, 0.29) is 30.8 Å². The van der Waals surface area contributed by atoms with Gasteiger partial charge in [0.25, 0.3) is 0 Å². The van der Waals surface area contributed by atoms with E-state index in [9.17, 15) is 38.7 Å². The van der Waals surface area contributed by atoms with Gasteiger partial charge >= 0.3 is 5.97 Å². The first-order valence-electron chi connectivity index (χ1n) is 17.5. The first kappa shape index (κ1) is 45.4. The summed E-state index contributed by atoms with van der Waals surface area (Å²) in [6.45, 7) is 10.3. The van der Waals surface area contributed by atoms with Crippen molar-refractivity contribution in [1.29, 1.82) is 0 Å². The van der Waals surface area contributed by atoms with E-state index < -0.39 is 97.1 Å². The van der Waals surface area contributed by atoms with Gasteiger partial charge in [0.15, 0.2) is 0 Å². The highest BCUT2D eigenvalue weighted by Crippen LogP contribution is 2.09. The maximum atomic E-state index is 13.6. The summed E-state index contributed by atoms with van der Waals surface area (Å²) in [5, 5.41) is 34.6. The Hall–Kier alpha value is -4.61. The number of hydrogen-bond donors (Lipinski definition) is 10. The van der Waals surface area contributed by atoms with E-state index in [1.807, 2.05) is 27.7 Å². The summed E-state index contributed by atoms with van der Waals surface area (Å²) < 4.78 is 0. The molecular formula is C35H58N8O9. The number of aliphatic carboxylic acids is 1. The Morgan fingerprint density at radius 3 is 1.83 bits per heavy atom. The van der Waals surface area contributed by atoms with Gasteiger partial charge in [0.2, 0.25) is 35.4 Å². The van der Waals surface area contributed by atoms with Crippen LogP contribution in [0, 0.1) is 17.8 Å². The number of carboxylic acids is 1. The summed E-state index contributed by atoms with van der Waals surface area (Å²) >= 11 is 0. The van der Waals surface area contributed by atoms with Crippen molar-refractivity contribution in [3.8, 4) is 0 Å². The Morgan fingerprint density at radius 1 is 0.731 bits per heavy atom. The maximum absolute atomic E-state index is 13.6. The number of benzene rings is 1. The normalized spacial score (nSPS) is 14.8. The van der Waals surface area contributed by atoms with Gasteiger partial charge < -0.3 is 53.6 Å². The Bertz CT molecular complexity index is 1340. The van der Waals surface area contributed by atoms with Crippen molar-refractivity contribution < 1.29 is 43.8 Å². The van der Waals surface area contributed by atoms with E-state index in [4.69, 9.17) is 16.6 Å². The van der Waals surface area contributed by atoms with Crippen LogP contribution in [0.5, 0.6) is 0 Å². The topological polar surface area (TPSA) is 284 Å². The predicted octanol–water partition coefficient (Wildman–Crippen LogP) is -1.73. The van der Waals surface area contributed by atoms with Crippen LogP contribution in [0.25, 0.3) is 0 Å². The molecule has 0 aliphatic carbocycles. The van der Waals surface area contributed by atoms with E-state index in [0.29, 0.717) is 18.4 Å². The Labute approximate surface area is 305 Å². The molecule has 1 unspecified atom stereocenters. The number of primary amides is 1. The highest BCUT2D eigenvalue weighted by molar-refractivity contribution is 5.96. The third-order valence-corrected chi connectivity index (χ3v) is 7.91. The summed E-state index contributed by atoms with van der Waals surface area (Å²) in [5.41, 5.74) is 11.8. The molecule has 1 rings (SSSR count). The minimum absolute atomic E-state index is 0.0308. The van der Waals surface area contributed by atoms with Crippen LogP contribution < -0.4 is 43.4 Å². The van der Waals surface area contributed by atoms with Crippen LogP contribution in [0.1, 0.15) is 66.4 Å². The number of carbonyl (C=O) groups excluding carboxylic acids is 6. The van der Waals surface area contributed by atoms with E-state index in [0.717, 1.165) is 0 Å². The molecule has 6 amide bonds. The number of aliphatic hydroxyl groups excluding tert-OH is 1. The zero-order chi connectivity index (χ0) is 39.5. The SMILES string of the molecule is CC(C)C[C@@H](CN[C@@H](CC(C)C)C(N)=O)NC(=O)CNC(=O)[C@@H](NC(=O)[C@H](Cc1ccccc1)NC(=O)[C@H](CO)NC(=O)C(N)CC(=O)O)C(C)C. The molecule has 0 aliphatic heterocycles. The summed E-state index contributed by atoms with van der Waals surface area (Å²) in [6, 6.07) is 2.27. The molecule has 0 saturated heterocycles. The molecule has 52 heavy (non-hydrogen) atoms. The van der Waals surface area contributed by atoms with Gasteiger partial charge in [-0.3, -0.25) is 33.6 Å². The van der Waals surface area contributed by atoms with Crippen LogP contribution in [0.2, 0.25) is 0 Å². The number of carbonyl (C=O) groups is 7. The average Bonchev–Trinajstić information content (AvgIpc) is 3.05. The molecule has 0 aliphatic rings. The van der Waals surface area contributed by atoms with Gasteiger partial charge in [0, 0.05) is 19.0 Å². The largest absolute Gasteiger partial charge is 0.481 e. The van der Waals surface area contributed by atoms with Crippen molar-refractivity contribution in [3.63, 3.8) is 0 Å². The van der Waals surface area contributed by atoms with Crippen molar-refractivity contribution in [1.82, 2.24) is 31.9 Å². The number of carboxylic acid groups (broad SMARTS) is 1. The predicted molar refractivity (Wildman–Crippen MR) is 193 cm³/mol. The first-order chi connectivity index (χ1) is 24.3. The quantitative estimate of drug-likeness (QED) is 0.0570. The molecule has 1 aromatic rings. The molecule has 0 spiro atoms. The molecule has 1 aromatic carbocycles. The Kier molecular flexibility index (Phi) is 20.1. The van der Waals surface area contributed by atoms with E-state index in [1.54, 1.807) is 44.2 Å². The molecule has 0 heterocycles. The van der Waals surface area contributed by atoms with E-state index in [2.05, 4.69) is 31.9 Å². The summed E-state index contributed by atoms with van der Waals surface area (Å²) in [5.74, 6) is -5.68. The van der Waals surface area contributed by atoms with Gasteiger partial charge in [0.1, 0.15) is 18.1 Å². The standard InChI is InChI=1S/C35H58N8O9/c1-19(2)12-23(16-38-25(31(37)48)13-20(3)4)40-28(45)17-39-35(52)30(21(5)6)43-33(50)26(14-22-10-8-7-9-11-22)41-34(51)27(18-44)42-32(49)24(36)15-29(46)47/h7-11,19-21,23-27,30,38,44H,12-18,36H2,1-6H3,(H2,37,48)(H,39,52)(H,40,45)(H,41,51)(H,42,49)(H,43,50)(H,46,47)/t23-,24?,25-,26-,27-,30-/m0/s1. The number of nitrogens with two attached hydrogens (primary N) is 2. The summed E-state index contributed by atoms with van der Waals surface area (Å²) in [4.78, 5) is 88.2. The van der Waals surface area contributed by atoms with Crippen LogP contribution in [0.15, 0.2) is 30.3 Å². The maximum Gasteiger partial charge on any atom is 0.305 e. The molecule has 17 nitrogen and oxygen atoms in total. The van der Waals surface area contributed by atoms with Crippen molar-refractivity contribution >= 4 is 41.4 Å². The molecule has 0 saturated carbocycles. The molecular weight excluding hydrogens is 676 g/mol. The first-order valence-corrected chi connectivity index (χ1v) is 17.5. The number of aliphatic hydroxyl groups is 1. The highest BCUT2D eigenvalue weighted by atomic mass is 16.4. The van der Waals surface area contributed by atoms with Gasteiger partial charge in [-0.15, -0.1) is 0 Å². The fourth-order valence-corrected chi connectivity index (χ4v) is 5.25. The number of hydrogen-bond acceptors (Lipinski definition) is 10. The smallest absolute Gasteiger partial charge is 0.305 e. The third kappa shape index (κ3) is 17.5. The van der Waals surface area contributed by atoms with Crippen LogP contribution in [-0.2, 0) is 40.0 Å². The second-order valence-corrected chi connectivity index (χ2v) is 14.0. The molecule has 17 heteroatoms. The van der Waals surface area contributed by atoms with E-state index >= 15 is 0 Å². The number of amides is 6. The zero-order valence-electron chi connectivity index (χ0n) is 30.9. The minimum Gasteiger partial charge on any atom is -0.481 e. The van der Waals surface area contributed by atoms with Crippen molar-refractivity contribution in [2.75, 3.05) is 19.7 Å². The lowest BCUT2D eigenvalue weighted by Gasteiger charge is -2.27. The molecule has 0 bridgehead atoms. The molecule has 0 radical (unpaired) electrons. The average molecular weight is 735 g/mol. The zero-order valence-corrected chi connectivity index (χ0v) is 30.9. The van der Waals surface area contributed by atoms with Crippen molar-refractivity contribution in [2.45, 2.75) is 103 Å². The van der Waals surface area contributed by atoms with Gasteiger partial charge in [0.05, 0.1) is 31.7 Å². The highest BCUT2D eigenvalue weighted by Gasteiger charge is 2.32. The monoisotopic (exact) mass is 734 g/mol. The van der Waals surface area contributed by atoms with Gasteiger partial charge in [-0.2, -0.15) is 0 Å². The van der Waals surface area contributed by atoms with Gasteiger partial charge in [-0.05, 0) is 36.2 Å². The fourth-order valence-electron chi connectivity index (χ4n) is 5.25. The summed E-state index contributed by atoms with van der Waals surface area (Å²) in [6.07, 6.45) is 0.385. The Balaban J connectivity index is 3.03. The number of nitrogens with one attached hydrogen (secondary N) is 6. The fraction of sp³-hybridized carbons (Fsp3) is 0.629. The van der Waals surface area contributed by atoms with Crippen LogP contribution in [0.3, 0.4) is 0 Å². The lowest BCUT2D eigenvalue weighted by Crippen LogP contribution is -2.60. The second-order valence-electron chi connectivity index (χ2n) is 14.0. The second kappa shape index (κ2) is 23.1. The molecule has 0 aromatic heterocycles. The van der Waals surface area contributed by atoms with Crippen molar-refractivity contribution in [3.05, 3.63) is 35.9 Å². The molecule has 0 fully saturated rings. The third-order valence-electron chi connectivity index (χ3n) is 7.91. The van der Waals surface area contributed by atoms with Gasteiger partial charge in [-0.25, -0.2) is 0 Å². The van der Waals surface area contributed by atoms with Crippen LogP contribution in [-0.4, -0.2) is 108 Å². The van der Waals surface area contributed by atoms with Crippen molar-refractivity contribution in [2.24, 2.45) is 29.2 Å². The van der Waals surface area contributed by atoms with Gasteiger partial charge in [-0.1, -0.05) is 71.9 Å². The molecule has 6 atom stereocenters. The lowest BCUT2D eigenvalue weighted by atomic mass is 10.0. The van der Waals surface area contributed by atoms with Crippen LogP contribution in [0.4, 0.5) is 0 Å². The van der Waals surface area contributed by atoms with E-state index in [1.165, 1.54) is 0 Å². The molecule has 12 N–H and O–H groups in total.